The van der Waals surface area contributed by atoms with Crippen LogP contribution >= 0.6 is 0 Å². The first-order valence-electron chi connectivity index (χ1n) is 8.52. The quantitative estimate of drug-likeness (QED) is 0.626. The highest BCUT2D eigenvalue weighted by molar-refractivity contribution is 5.80. The first-order valence-corrected chi connectivity index (χ1v) is 8.52. The molecule has 1 amide bonds. The summed E-state index contributed by atoms with van der Waals surface area (Å²) in [5, 5.41) is 3.04. The predicted molar refractivity (Wildman–Crippen MR) is 93.1 cm³/mol. The second-order valence-electron chi connectivity index (χ2n) is 5.85. The van der Waals surface area contributed by atoms with E-state index in [4.69, 9.17) is 5.73 Å². The van der Waals surface area contributed by atoms with Crippen LogP contribution in [0.2, 0.25) is 0 Å². The van der Waals surface area contributed by atoms with Crippen LogP contribution in [-0.2, 0) is 11.3 Å². The SMILES string of the molecule is NCCCCNC(=O)[C@H](CCCCn1cccc1)n1cccc1. The Kier molecular flexibility index (Phi) is 7.46. The van der Waals surface area contributed by atoms with E-state index in [1.807, 2.05) is 41.2 Å². The number of carbonyl (C=O) groups excluding carboxylic acids is 1. The third kappa shape index (κ3) is 5.94. The first kappa shape index (κ1) is 17.3. The van der Waals surface area contributed by atoms with Crippen molar-refractivity contribution in [3.05, 3.63) is 49.1 Å². The molecule has 0 unspecified atom stereocenters. The number of rotatable bonds is 11. The Morgan fingerprint density at radius 1 is 0.957 bits per heavy atom. The van der Waals surface area contributed by atoms with E-state index in [1.54, 1.807) is 0 Å². The highest BCUT2D eigenvalue weighted by Gasteiger charge is 2.18. The molecule has 2 aromatic heterocycles. The molecule has 0 aliphatic rings. The molecule has 0 bridgehead atoms. The van der Waals surface area contributed by atoms with Gasteiger partial charge >= 0.3 is 0 Å². The van der Waals surface area contributed by atoms with Crippen molar-refractivity contribution in [3.8, 4) is 0 Å². The zero-order valence-electron chi connectivity index (χ0n) is 13.7. The van der Waals surface area contributed by atoms with E-state index in [1.165, 1.54) is 0 Å². The second kappa shape index (κ2) is 9.90. The molecule has 126 valence electrons. The van der Waals surface area contributed by atoms with E-state index in [9.17, 15) is 4.79 Å². The molecule has 2 rings (SSSR count). The molecule has 2 aromatic rings. The minimum atomic E-state index is -0.118. The van der Waals surface area contributed by atoms with Crippen molar-refractivity contribution >= 4 is 5.91 Å². The van der Waals surface area contributed by atoms with Gasteiger partial charge in [0.15, 0.2) is 0 Å². The summed E-state index contributed by atoms with van der Waals surface area (Å²) in [5.74, 6) is 0.110. The molecule has 0 fully saturated rings. The summed E-state index contributed by atoms with van der Waals surface area (Å²) in [6.07, 6.45) is 12.9. The topological polar surface area (TPSA) is 65.0 Å². The summed E-state index contributed by atoms with van der Waals surface area (Å²) in [7, 11) is 0. The van der Waals surface area contributed by atoms with Gasteiger partial charge in [-0.2, -0.15) is 0 Å². The Morgan fingerprint density at radius 3 is 2.35 bits per heavy atom. The maximum Gasteiger partial charge on any atom is 0.243 e. The maximum atomic E-state index is 12.5. The monoisotopic (exact) mass is 316 g/mol. The first-order chi connectivity index (χ1) is 11.3. The van der Waals surface area contributed by atoms with Crippen LogP contribution in [0.1, 0.15) is 38.1 Å². The number of aryl methyl sites for hydroxylation is 1. The second-order valence-corrected chi connectivity index (χ2v) is 5.85. The van der Waals surface area contributed by atoms with Gasteiger partial charge in [0.1, 0.15) is 6.04 Å². The fraction of sp³-hybridized carbons (Fsp3) is 0.500. The Morgan fingerprint density at radius 2 is 1.65 bits per heavy atom. The van der Waals surface area contributed by atoms with Crippen LogP contribution in [0.3, 0.4) is 0 Å². The fourth-order valence-electron chi connectivity index (χ4n) is 2.72. The van der Waals surface area contributed by atoms with E-state index in [-0.39, 0.29) is 11.9 Å². The van der Waals surface area contributed by atoms with Crippen molar-refractivity contribution in [2.75, 3.05) is 13.1 Å². The van der Waals surface area contributed by atoms with Crippen LogP contribution in [0, 0.1) is 0 Å². The Bertz CT molecular complexity index is 533. The third-order valence-electron chi connectivity index (χ3n) is 4.03. The zero-order valence-corrected chi connectivity index (χ0v) is 13.7. The number of carbonyl (C=O) groups is 1. The van der Waals surface area contributed by atoms with Crippen molar-refractivity contribution in [3.63, 3.8) is 0 Å². The maximum absolute atomic E-state index is 12.5. The van der Waals surface area contributed by atoms with Crippen LogP contribution in [0.4, 0.5) is 0 Å². The molecule has 0 spiro atoms. The van der Waals surface area contributed by atoms with Gasteiger partial charge in [0.05, 0.1) is 0 Å². The van der Waals surface area contributed by atoms with Gasteiger partial charge < -0.3 is 20.2 Å². The molecule has 0 saturated heterocycles. The summed E-state index contributed by atoms with van der Waals surface area (Å²) in [6, 6.07) is 7.89. The number of nitrogens with zero attached hydrogens (tertiary/aromatic N) is 2. The smallest absolute Gasteiger partial charge is 0.243 e. The number of unbranched alkanes of at least 4 members (excludes halogenated alkanes) is 2. The van der Waals surface area contributed by atoms with Gasteiger partial charge in [-0.3, -0.25) is 4.79 Å². The number of aromatic nitrogens is 2. The normalized spacial score (nSPS) is 12.2. The average molecular weight is 316 g/mol. The Labute approximate surface area is 138 Å². The van der Waals surface area contributed by atoms with Crippen molar-refractivity contribution in [2.24, 2.45) is 5.73 Å². The van der Waals surface area contributed by atoms with Gasteiger partial charge in [0.2, 0.25) is 5.91 Å². The van der Waals surface area contributed by atoms with E-state index >= 15 is 0 Å². The lowest BCUT2D eigenvalue weighted by Crippen LogP contribution is -2.33. The third-order valence-corrected chi connectivity index (χ3v) is 4.03. The van der Waals surface area contributed by atoms with Crippen LogP contribution in [-0.4, -0.2) is 28.1 Å². The number of amides is 1. The van der Waals surface area contributed by atoms with Gasteiger partial charge in [-0.15, -0.1) is 0 Å². The van der Waals surface area contributed by atoms with Gasteiger partial charge in [0, 0.05) is 37.9 Å². The van der Waals surface area contributed by atoms with Crippen LogP contribution in [0.25, 0.3) is 0 Å². The standard InChI is InChI=1S/C18H28N4O/c19-10-2-3-11-20-18(23)17(22-15-7-8-16-22)9-1-4-12-21-13-5-6-14-21/h5-8,13-17H,1-4,9-12,19H2,(H,20,23)/t17-/m0/s1. The van der Waals surface area contributed by atoms with Gasteiger partial charge in [-0.1, -0.05) is 0 Å². The average Bonchev–Trinajstić information content (AvgIpc) is 3.24. The van der Waals surface area contributed by atoms with Crippen molar-refractivity contribution in [1.82, 2.24) is 14.5 Å². The molecule has 2 heterocycles. The Balaban J connectivity index is 1.78. The van der Waals surface area contributed by atoms with Gasteiger partial charge in [-0.25, -0.2) is 0 Å². The minimum Gasteiger partial charge on any atom is -0.354 e. The molecular weight excluding hydrogens is 288 g/mol. The summed E-state index contributed by atoms with van der Waals surface area (Å²) in [4.78, 5) is 12.5. The van der Waals surface area contributed by atoms with E-state index < -0.39 is 0 Å². The largest absolute Gasteiger partial charge is 0.354 e. The number of nitrogens with one attached hydrogen (secondary N) is 1. The van der Waals surface area contributed by atoms with Crippen LogP contribution in [0.15, 0.2) is 49.1 Å². The highest BCUT2D eigenvalue weighted by atomic mass is 16.2. The molecule has 5 heteroatoms. The molecular formula is C18H28N4O. The van der Waals surface area contributed by atoms with Crippen LogP contribution in [0.5, 0.6) is 0 Å². The van der Waals surface area contributed by atoms with Crippen molar-refractivity contribution in [2.45, 2.75) is 44.7 Å². The lowest BCUT2D eigenvalue weighted by Gasteiger charge is -2.19. The fourth-order valence-corrected chi connectivity index (χ4v) is 2.72. The minimum absolute atomic E-state index is 0.110. The molecule has 0 radical (unpaired) electrons. The van der Waals surface area contributed by atoms with Crippen molar-refractivity contribution < 1.29 is 4.79 Å². The zero-order chi connectivity index (χ0) is 16.3. The summed E-state index contributed by atoms with van der Waals surface area (Å²) in [6.45, 7) is 2.39. The van der Waals surface area contributed by atoms with E-state index in [0.29, 0.717) is 13.1 Å². The number of hydrogen-bond acceptors (Lipinski definition) is 2. The molecule has 0 aromatic carbocycles. The predicted octanol–water partition coefficient (Wildman–Crippen LogP) is 2.56. The molecule has 0 saturated carbocycles. The van der Waals surface area contributed by atoms with Gasteiger partial charge in [-0.05, 0) is 62.9 Å². The molecule has 5 nitrogen and oxygen atoms in total. The summed E-state index contributed by atoms with van der Waals surface area (Å²) >= 11 is 0. The summed E-state index contributed by atoms with van der Waals surface area (Å²) in [5.41, 5.74) is 5.48. The molecule has 3 N–H and O–H groups in total. The Hall–Kier alpha value is -2.01. The lowest BCUT2D eigenvalue weighted by molar-refractivity contribution is -0.124. The van der Waals surface area contributed by atoms with E-state index in [2.05, 4.69) is 22.3 Å². The van der Waals surface area contributed by atoms with Gasteiger partial charge in [0.25, 0.3) is 0 Å². The molecule has 1 atom stereocenters. The number of nitrogens with two attached hydrogens (primary N) is 1. The molecule has 0 aliphatic heterocycles. The number of hydrogen-bond donors (Lipinski definition) is 2. The highest BCUT2D eigenvalue weighted by Crippen LogP contribution is 2.16. The van der Waals surface area contributed by atoms with Crippen molar-refractivity contribution in [1.29, 1.82) is 0 Å². The lowest BCUT2D eigenvalue weighted by atomic mass is 10.1. The van der Waals surface area contributed by atoms with E-state index in [0.717, 1.165) is 38.6 Å². The molecule has 23 heavy (non-hydrogen) atoms. The van der Waals surface area contributed by atoms with Crippen LogP contribution < -0.4 is 11.1 Å². The molecule has 0 aliphatic carbocycles. The summed E-state index contributed by atoms with van der Waals surface area (Å²) < 4.78 is 4.19.